The Morgan fingerprint density at radius 1 is 1.08 bits per heavy atom. The van der Waals surface area contributed by atoms with Crippen molar-refractivity contribution in [3.8, 4) is 0 Å². The summed E-state index contributed by atoms with van der Waals surface area (Å²) in [6.45, 7) is 4.66. The quantitative estimate of drug-likeness (QED) is 0.157. The summed E-state index contributed by atoms with van der Waals surface area (Å²) in [7, 11) is 0. The molecule has 0 saturated heterocycles. The third kappa shape index (κ3) is 56.3. The van der Waals surface area contributed by atoms with Crippen molar-refractivity contribution in [3.05, 3.63) is 0 Å². The minimum Gasteiger partial charge on any atom is -0.784 e. The third-order valence-electron chi connectivity index (χ3n) is 0.332. The Bertz CT molecular complexity index is 86.7. The van der Waals surface area contributed by atoms with Gasteiger partial charge in [0.25, 0.3) is 0 Å². The van der Waals surface area contributed by atoms with Crippen LogP contribution in [0.2, 0.25) is 0 Å². The van der Waals surface area contributed by atoms with E-state index < -0.39 is 11.4 Å². The third-order valence-corrected chi connectivity index (χ3v) is 0.332. The van der Waals surface area contributed by atoms with E-state index in [9.17, 15) is 0 Å². The van der Waals surface area contributed by atoms with E-state index in [1.165, 1.54) is 0 Å². The molecule has 0 radical (unpaired) electrons. The molecule has 6 nitrogen and oxygen atoms in total. The second kappa shape index (κ2) is 23.6. The maximum absolute atomic E-state index is 8.44. The van der Waals surface area contributed by atoms with Crippen LogP contribution in [0.15, 0.2) is 0 Å². The first kappa shape index (κ1) is 24.3. The molecule has 0 bridgehead atoms. The van der Waals surface area contributed by atoms with E-state index in [-0.39, 0.29) is 59.1 Å². The molecule has 0 spiro atoms. The Balaban J connectivity index is -0.0000000600. The average Bonchev–Trinajstić information content (AvgIpc) is 1.88. The zero-order valence-corrected chi connectivity index (χ0v) is 13.1. The van der Waals surface area contributed by atoms with Gasteiger partial charge in [-0.25, -0.2) is 9.78 Å². The molecular weight excluding hydrogens is 222 g/mol. The van der Waals surface area contributed by atoms with Gasteiger partial charge in [0.2, 0.25) is 0 Å². The van der Waals surface area contributed by atoms with Gasteiger partial charge in [0.05, 0.1) is 13.2 Å². The maximum Gasteiger partial charge on any atom is 1.00 e. The van der Waals surface area contributed by atoms with E-state index in [4.69, 9.17) is 13.3 Å². The largest absolute Gasteiger partial charge is 1.00 e. The van der Waals surface area contributed by atoms with Crippen LogP contribution in [-0.4, -0.2) is 26.5 Å². The molecule has 9 heteroatoms. The van der Waals surface area contributed by atoms with Crippen LogP contribution in [0.3, 0.4) is 0 Å². The molecule has 0 amide bonds. The topological polar surface area (TPSA) is 90.9 Å². The van der Waals surface area contributed by atoms with Crippen LogP contribution in [0.1, 0.15) is 13.8 Å². The van der Waals surface area contributed by atoms with Gasteiger partial charge in [0, 0.05) is 0 Å². The first-order chi connectivity index (χ1) is 5.15. The fraction of sp³-hybridized carbons (Fsp3) is 1.00. The zero-order chi connectivity index (χ0) is 9.11. The Kier molecular flexibility index (Phi) is 44.1. The van der Waals surface area contributed by atoms with Gasteiger partial charge in [0.15, 0.2) is 0 Å². The molecule has 0 atom stereocenters. The minimum absolute atomic E-state index is 0. The van der Waals surface area contributed by atoms with Gasteiger partial charge in [0.1, 0.15) is 0 Å². The molecule has 70 valence electrons. The molecule has 0 rings (SSSR count). The summed E-state index contributed by atoms with van der Waals surface area (Å²) in [6, 6.07) is 0. The van der Waals surface area contributed by atoms with Crippen LogP contribution in [0.25, 0.3) is 0 Å². The van der Waals surface area contributed by atoms with Gasteiger partial charge < -0.3 is 9.11 Å². The Labute approximate surface area is 124 Å². The molecule has 0 aliphatic carbocycles. The van der Waals surface area contributed by atoms with E-state index >= 15 is 0 Å². The van der Waals surface area contributed by atoms with E-state index in [2.05, 4.69) is 14.8 Å². The SMILES string of the molecule is CCOOOCC.O=S([O-])[O-].[Na+].[Na+]. The summed E-state index contributed by atoms with van der Waals surface area (Å²) in [4.78, 5) is 8.70. The van der Waals surface area contributed by atoms with E-state index in [0.717, 1.165) is 0 Å². The molecule has 0 saturated carbocycles. The van der Waals surface area contributed by atoms with Crippen LogP contribution in [0.5, 0.6) is 0 Å². The Morgan fingerprint density at radius 2 is 1.31 bits per heavy atom. The standard InChI is InChI=1S/C4H10O3.2Na.H2O3S/c1-3-5-7-6-4-2;;;1-4(2)3/h3-4H2,1-2H3;;;(H2,1,2,3)/q;2*+1;/p-2. The summed E-state index contributed by atoms with van der Waals surface area (Å²) in [5, 5.41) is 4.13. The minimum atomic E-state index is -3.11. The monoisotopic (exact) mass is 232 g/mol. The molecule has 0 aromatic rings. The number of hydrogen-bond acceptors (Lipinski definition) is 6. The molecular formula is C4H10Na2O6S. The van der Waals surface area contributed by atoms with Crippen LogP contribution in [0, 0.1) is 0 Å². The molecule has 0 aromatic carbocycles. The molecule has 0 N–H and O–H groups in total. The predicted molar refractivity (Wildman–Crippen MR) is 34.0 cm³/mol. The molecule has 0 unspecified atom stereocenters. The van der Waals surface area contributed by atoms with E-state index in [1.807, 2.05) is 13.8 Å². The first-order valence-corrected chi connectivity index (χ1v) is 3.82. The van der Waals surface area contributed by atoms with E-state index in [0.29, 0.717) is 13.2 Å². The van der Waals surface area contributed by atoms with Gasteiger partial charge in [-0.3, -0.25) is 4.21 Å². The van der Waals surface area contributed by atoms with Gasteiger partial charge in [-0.15, -0.1) is 11.4 Å². The van der Waals surface area contributed by atoms with Crippen molar-refractivity contribution in [2.24, 2.45) is 0 Å². The van der Waals surface area contributed by atoms with Crippen molar-refractivity contribution in [1.29, 1.82) is 0 Å². The summed E-state index contributed by atoms with van der Waals surface area (Å²) in [5.74, 6) is 0. The second-order valence-electron chi connectivity index (χ2n) is 1.09. The normalized spacial score (nSPS) is 7.77. The molecule has 0 heterocycles. The molecule has 0 aliphatic heterocycles. The summed E-state index contributed by atoms with van der Waals surface area (Å²) >= 11 is -3.11. The molecule has 13 heavy (non-hydrogen) atoms. The fourth-order valence-electron chi connectivity index (χ4n) is 0.130. The zero-order valence-electron chi connectivity index (χ0n) is 8.27. The smallest absolute Gasteiger partial charge is 0.784 e. The van der Waals surface area contributed by atoms with Gasteiger partial charge in [-0.2, -0.15) is 0 Å². The van der Waals surface area contributed by atoms with Crippen molar-refractivity contribution in [1.82, 2.24) is 0 Å². The van der Waals surface area contributed by atoms with Crippen molar-refractivity contribution < 1.29 is 87.2 Å². The first-order valence-electron chi connectivity index (χ1n) is 2.82. The molecule has 0 aromatic heterocycles. The van der Waals surface area contributed by atoms with Crippen LogP contribution in [0.4, 0.5) is 0 Å². The van der Waals surface area contributed by atoms with Crippen molar-refractivity contribution >= 4 is 11.4 Å². The number of rotatable bonds is 4. The average molecular weight is 232 g/mol. The maximum atomic E-state index is 8.44. The van der Waals surface area contributed by atoms with Gasteiger partial charge in [-0.05, 0) is 13.8 Å². The van der Waals surface area contributed by atoms with Crippen molar-refractivity contribution in [2.45, 2.75) is 13.8 Å². The predicted octanol–water partition coefficient (Wildman–Crippen LogP) is -6.09. The fourth-order valence-corrected chi connectivity index (χ4v) is 0.130. The molecule has 0 fully saturated rings. The Hall–Kier alpha value is 1.95. The number of hydrogen-bond donors (Lipinski definition) is 0. The summed E-state index contributed by atoms with van der Waals surface area (Å²) in [6.07, 6.45) is 0. The van der Waals surface area contributed by atoms with Crippen LogP contribution in [-0.2, 0) is 26.2 Å². The molecule has 0 aliphatic rings. The van der Waals surface area contributed by atoms with Crippen molar-refractivity contribution in [3.63, 3.8) is 0 Å². The van der Waals surface area contributed by atoms with Gasteiger partial charge in [-0.1, -0.05) is 5.04 Å². The summed E-state index contributed by atoms with van der Waals surface area (Å²) < 4.78 is 25.3. The van der Waals surface area contributed by atoms with Crippen LogP contribution >= 0.6 is 0 Å². The second-order valence-corrected chi connectivity index (χ2v) is 1.49. The van der Waals surface area contributed by atoms with Crippen LogP contribution < -0.4 is 59.1 Å². The van der Waals surface area contributed by atoms with E-state index in [1.54, 1.807) is 0 Å². The summed E-state index contributed by atoms with van der Waals surface area (Å²) in [5.41, 5.74) is 0. The Morgan fingerprint density at radius 3 is 1.46 bits per heavy atom. The van der Waals surface area contributed by atoms with Crippen molar-refractivity contribution in [2.75, 3.05) is 13.2 Å². The van der Waals surface area contributed by atoms with Gasteiger partial charge >= 0.3 is 59.1 Å².